The minimum atomic E-state index is -4.00. The van der Waals surface area contributed by atoms with Crippen LogP contribution in [-0.4, -0.2) is 13.3 Å². The van der Waals surface area contributed by atoms with Crippen molar-refractivity contribution in [3.8, 4) is 0 Å². The highest BCUT2D eigenvalue weighted by atomic mass is 32.2. The smallest absolute Gasteiger partial charge is 0.258 e. The van der Waals surface area contributed by atoms with Crippen molar-refractivity contribution in [3.63, 3.8) is 0 Å². The van der Waals surface area contributed by atoms with Crippen LogP contribution < -0.4 is 4.72 Å². The van der Waals surface area contributed by atoms with E-state index in [1.807, 2.05) is 24.3 Å². The number of rotatable bonds is 6. The van der Waals surface area contributed by atoms with Gasteiger partial charge in [0.2, 0.25) is 10.0 Å². The maximum atomic E-state index is 12.5. The van der Waals surface area contributed by atoms with Crippen LogP contribution >= 0.6 is 0 Å². The molecule has 7 heteroatoms. The Kier molecular flexibility index (Phi) is 5.36. The fourth-order valence-electron chi connectivity index (χ4n) is 2.37. The van der Waals surface area contributed by atoms with Gasteiger partial charge in [-0.3, -0.25) is 10.1 Å². The van der Waals surface area contributed by atoms with Gasteiger partial charge < -0.3 is 0 Å². The monoisotopic (exact) mass is 348 g/mol. The average molecular weight is 348 g/mol. The molecule has 128 valence electrons. The maximum Gasteiger partial charge on any atom is 0.289 e. The zero-order chi connectivity index (χ0) is 17.9. The molecule has 0 amide bonds. The van der Waals surface area contributed by atoms with E-state index < -0.39 is 26.7 Å². The van der Waals surface area contributed by atoms with E-state index in [0.717, 1.165) is 11.1 Å². The van der Waals surface area contributed by atoms with Crippen molar-refractivity contribution in [2.24, 2.45) is 0 Å². The van der Waals surface area contributed by atoms with Crippen LogP contribution in [0.25, 0.3) is 0 Å². The Morgan fingerprint density at radius 3 is 2.04 bits per heavy atom. The molecule has 0 bridgehead atoms. The van der Waals surface area contributed by atoms with Crippen LogP contribution in [0.15, 0.2) is 53.4 Å². The molecule has 0 aliphatic carbocycles. The Morgan fingerprint density at radius 1 is 0.958 bits per heavy atom. The van der Waals surface area contributed by atoms with Gasteiger partial charge in [0.25, 0.3) is 5.69 Å². The van der Waals surface area contributed by atoms with E-state index in [4.69, 9.17) is 0 Å². The van der Waals surface area contributed by atoms with E-state index >= 15 is 0 Å². The summed E-state index contributed by atoms with van der Waals surface area (Å²) >= 11 is 0. The lowest BCUT2D eigenvalue weighted by Gasteiger charge is -2.16. The third-order valence-corrected chi connectivity index (χ3v) is 5.37. The van der Waals surface area contributed by atoms with Crippen molar-refractivity contribution >= 4 is 15.7 Å². The van der Waals surface area contributed by atoms with Gasteiger partial charge in [0.05, 0.1) is 4.92 Å². The highest BCUT2D eigenvalue weighted by Gasteiger charge is 2.26. The summed E-state index contributed by atoms with van der Waals surface area (Å²) in [4.78, 5) is 10.0. The van der Waals surface area contributed by atoms with Gasteiger partial charge in [-0.2, -0.15) is 0 Å². The summed E-state index contributed by atoms with van der Waals surface area (Å²) in [5, 5.41) is 11.0. The van der Waals surface area contributed by atoms with Gasteiger partial charge in [-0.25, -0.2) is 13.1 Å². The van der Waals surface area contributed by atoms with Crippen LogP contribution in [0.1, 0.15) is 43.9 Å². The summed E-state index contributed by atoms with van der Waals surface area (Å²) in [6.45, 7) is 5.86. The maximum absolute atomic E-state index is 12.5. The quantitative estimate of drug-likeness (QED) is 0.636. The van der Waals surface area contributed by atoms with Crippen molar-refractivity contribution in [1.82, 2.24) is 4.72 Å². The van der Waals surface area contributed by atoms with E-state index in [-0.39, 0.29) is 4.90 Å². The molecule has 6 nitrogen and oxygen atoms in total. The first kappa shape index (κ1) is 18.1. The van der Waals surface area contributed by atoms with Crippen molar-refractivity contribution in [1.29, 1.82) is 0 Å². The summed E-state index contributed by atoms with van der Waals surface area (Å²) < 4.78 is 27.5. The lowest BCUT2D eigenvalue weighted by molar-refractivity contribution is -0.387. The van der Waals surface area contributed by atoms with E-state index in [1.54, 1.807) is 6.92 Å². The van der Waals surface area contributed by atoms with E-state index in [9.17, 15) is 18.5 Å². The third kappa shape index (κ3) is 3.98. The molecule has 24 heavy (non-hydrogen) atoms. The standard InChI is InChI=1S/C17H20N2O4S/c1-12(2)14-8-10-15(11-9-14)13(3)18-24(22,23)17-7-5-4-6-16(17)19(20)21/h4-13,18H,1-3H3. The first-order chi connectivity index (χ1) is 11.2. The van der Waals surface area contributed by atoms with Crippen LogP contribution in [0.3, 0.4) is 0 Å². The molecule has 1 N–H and O–H groups in total. The zero-order valence-electron chi connectivity index (χ0n) is 13.8. The number of nitro groups is 1. The lowest BCUT2D eigenvalue weighted by Crippen LogP contribution is -2.27. The van der Waals surface area contributed by atoms with E-state index in [2.05, 4.69) is 18.6 Å². The molecular formula is C17H20N2O4S. The van der Waals surface area contributed by atoms with Gasteiger partial charge >= 0.3 is 0 Å². The Balaban J connectivity index is 2.27. The Hall–Kier alpha value is -2.25. The van der Waals surface area contributed by atoms with Gasteiger partial charge in [0.15, 0.2) is 4.90 Å². The summed E-state index contributed by atoms with van der Waals surface area (Å²) in [5.41, 5.74) is 1.52. The molecule has 1 unspecified atom stereocenters. The van der Waals surface area contributed by atoms with Gasteiger partial charge in [0, 0.05) is 12.1 Å². The molecule has 0 radical (unpaired) electrons. The van der Waals surface area contributed by atoms with Crippen LogP contribution in [0.2, 0.25) is 0 Å². The van der Waals surface area contributed by atoms with Gasteiger partial charge in [-0.15, -0.1) is 0 Å². The fraction of sp³-hybridized carbons (Fsp3) is 0.294. The number of benzene rings is 2. The minimum absolute atomic E-state index is 0.333. The normalized spacial score (nSPS) is 13.0. The Labute approximate surface area is 141 Å². The number of nitrogens with one attached hydrogen (secondary N) is 1. The molecule has 0 saturated heterocycles. The Bertz CT molecular complexity index is 830. The van der Waals surface area contributed by atoms with Crippen molar-refractivity contribution < 1.29 is 13.3 Å². The molecule has 2 rings (SSSR count). The second kappa shape index (κ2) is 7.11. The van der Waals surface area contributed by atoms with Gasteiger partial charge in [-0.05, 0) is 30.0 Å². The highest BCUT2D eigenvalue weighted by Crippen LogP contribution is 2.25. The minimum Gasteiger partial charge on any atom is -0.258 e. The molecule has 0 fully saturated rings. The molecule has 0 saturated carbocycles. The largest absolute Gasteiger partial charge is 0.289 e. The van der Waals surface area contributed by atoms with Gasteiger partial charge in [0.1, 0.15) is 0 Å². The number of nitro benzene ring substituents is 1. The number of hydrogen-bond donors (Lipinski definition) is 1. The van der Waals surface area contributed by atoms with Crippen LogP contribution in [-0.2, 0) is 10.0 Å². The highest BCUT2D eigenvalue weighted by molar-refractivity contribution is 7.89. The van der Waals surface area contributed by atoms with Gasteiger partial charge in [-0.1, -0.05) is 50.2 Å². The number of para-hydroxylation sites is 1. The predicted molar refractivity (Wildman–Crippen MR) is 92.4 cm³/mol. The van der Waals surface area contributed by atoms with Crippen molar-refractivity contribution in [3.05, 3.63) is 69.8 Å². The van der Waals surface area contributed by atoms with Crippen molar-refractivity contribution in [2.75, 3.05) is 0 Å². The molecule has 0 spiro atoms. The summed E-state index contributed by atoms with van der Waals surface area (Å²) in [5.74, 6) is 0.387. The third-order valence-electron chi connectivity index (χ3n) is 3.79. The van der Waals surface area contributed by atoms with E-state index in [0.29, 0.717) is 5.92 Å². The summed E-state index contributed by atoms with van der Waals surface area (Å²) in [6, 6.07) is 12.4. The number of sulfonamides is 1. The second-order valence-electron chi connectivity index (χ2n) is 5.89. The molecule has 0 aliphatic heterocycles. The molecular weight excluding hydrogens is 328 g/mol. The first-order valence-corrected chi connectivity index (χ1v) is 9.06. The van der Waals surface area contributed by atoms with Crippen LogP contribution in [0.4, 0.5) is 5.69 Å². The number of nitrogens with zero attached hydrogens (tertiary/aromatic N) is 1. The summed E-state index contributed by atoms with van der Waals surface area (Å²) in [7, 11) is -4.00. The average Bonchev–Trinajstić information content (AvgIpc) is 2.54. The molecule has 2 aromatic rings. The first-order valence-electron chi connectivity index (χ1n) is 7.58. The lowest BCUT2D eigenvalue weighted by atomic mass is 10.00. The van der Waals surface area contributed by atoms with Crippen molar-refractivity contribution in [2.45, 2.75) is 37.6 Å². The fourth-order valence-corrected chi connectivity index (χ4v) is 3.77. The summed E-state index contributed by atoms with van der Waals surface area (Å²) in [6.07, 6.45) is 0. The van der Waals surface area contributed by atoms with E-state index in [1.165, 1.54) is 24.3 Å². The molecule has 2 aromatic carbocycles. The topological polar surface area (TPSA) is 89.3 Å². The van der Waals surface area contributed by atoms with Crippen LogP contribution in [0.5, 0.6) is 0 Å². The molecule has 0 aliphatic rings. The SMILES string of the molecule is CC(C)c1ccc(C(C)NS(=O)(=O)c2ccccc2[N+](=O)[O-])cc1. The molecule has 0 heterocycles. The molecule has 0 aromatic heterocycles. The molecule has 1 atom stereocenters. The number of hydrogen-bond acceptors (Lipinski definition) is 4. The predicted octanol–water partition coefficient (Wildman–Crippen LogP) is 3.76. The Morgan fingerprint density at radius 2 is 1.50 bits per heavy atom. The zero-order valence-corrected chi connectivity index (χ0v) is 14.6. The van der Waals surface area contributed by atoms with Crippen LogP contribution in [0, 0.1) is 10.1 Å². The second-order valence-corrected chi connectivity index (χ2v) is 7.57.